The SMILES string of the molecule is CCC1CCC(C#N)(C/C=C/c2ccccc2)C1. The van der Waals surface area contributed by atoms with Crippen LogP contribution in [-0.4, -0.2) is 0 Å². The summed E-state index contributed by atoms with van der Waals surface area (Å²) in [6, 6.07) is 12.9. The van der Waals surface area contributed by atoms with Gasteiger partial charge in [0.05, 0.1) is 11.5 Å². The minimum atomic E-state index is -0.0913. The summed E-state index contributed by atoms with van der Waals surface area (Å²) in [7, 11) is 0. The molecular formula is C17H21N. The highest BCUT2D eigenvalue weighted by Gasteiger charge is 2.37. The second-order valence-corrected chi connectivity index (χ2v) is 5.43. The smallest absolute Gasteiger partial charge is 0.0693 e. The molecule has 1 fully saturated rings. The highest BCUT2D eigenvalue weighted by atomic mass is 14.4. The molecule has 0 heterocycles. The Bertz CT molecular complexity index is 440. The molecule has 1 aromatic carbocycles. The highest BCUT2D eigenvalue weighted by molar-refractivity contribution is 5.48. The molecule has 0 saturated heterocycles. The number of benzene rings is 1. The van der Waals surface area contributed by atoms with Gasteiger partial charge in [0.1, 0.15) is 0 Å². The lowest BCUT2D eigenvalue weighted by Crippen LogP contribution is -2.13. The Morgan fingerprint density at radius 3 is 2.78 bits per heavy atom. The maximum atomic E-state index is 9.44. The molecule has 0 spiro atoms. The fourth-order valence-corrected chi connectivity index (χ4v) is 2.90. The van der Waals surface area contributed by atoms with Crippen molar-refractivity contribution in [1.82, 2.24) is 0 Å². The van der Waals surface area contributed by atoms with Gasteiger partial charge in [-0.1, -0.05) is 55.8 Å². The molecule has 0 aromatic heterocycles. The summed E-state index contributed by atoms with van der Waals surface area (Å²) in [4.78, 5) is 0. The summed E-state index contributed by atoms with van der Waals surface area (Å²) in [5, 5.41) is 9.44. The van der Waals surface area contributed by atoms with E-state index in [2.05, 4.69) is 37.3 Å². The average molecular weight is 239 g/mol. The number of rotatable bonds is 4. The van der Waals surface area contributed by atoms with E-state index in [1.165, 1.54) is 18.4 Å². The van der Waals surface area contributed by atoms with E-state index in [0.717, 1.165) is 25.2 Å². The van der Waals surface area contributed by atoms with Crippen LogP contribution >= 0.6 is 0 Å². The quantitative estimate of drug-likeness (QED) is 0.739. The fourth-order valence-electron chi connectivity index (χ4n) is 2.90. The van der Waals surface area contributed by atoms with E-state index in [9.17, 15) is 5.26 Å². The van der Waals surface area contributed by atoms with Crippen LogP contribution in [0.2, 0.25) is 0 Å². The predicted octanol–water partition coefficient (Wildman–Crippen LogP) is 4.81. The molecule has 1 aliphatic rings. The van der Waals surface area contributed by atoms with Crippen LogP contribution < -0.4 is 0 Å². The molecule has 1 saturated carbocycles. The van der Waals surface area contributed by atoms with Crippen molar-refractivity contribution in [2.24, 2.45) is 11.3 Å². The summed E-state index contributed by atoms with van der Waals surface area (Å²) >= 11 is 0. The van der Waals surface area contributed by atoms with Crippen LogP contribution in [0.15, 0.2) is 36.4 Å². The molecule has 2 atom stereocenters. The molecule has 2 unspecified atom stereocenters. The largest absolute Gasteiger partial charge is 0.198 e. The van der Waals surface area contributed by atoms with Gasteiger partial charge in [-0.05, 0) is 37.2 Å². The van der Waals surface area contributed by atoms with Gasteiger partial charge in [0.25, 0.3) is 0 Å². The third-order valence-electron chi connectivity index (χ3n) is 4.14. The first-order valence-corrected chi connectivity index (χ1v) is 6.91. The second-order valence-electron chi connectivity index (χ2n) is 5.43. The Morgan fingerprint density at radius 1 is 1.39 bits per heavy atom. The Labute approximate surface area is 110 Å². The minimum Gasteiger partial charge on any atom is -0.198 e. The van der Waals surface area contributed by atoms with Crippen molar-refractivity contribution >= 4 is 6.08 Å². The topological polar surface area (TPSA) is 23.8 Å². The molecule has 1 nitrogen and oxygen atoms in total. The zero-order valence-electron chi connectivity index (χ0n) is 11.1. The number of allylic oxidation sites excluding steroid dienone is 1. The molecule has 94 valence electrons. The first-order valence-electron chi connectivity index (χ1n) is 6.91. The summed E-state index contributed by atoms with van der Waals surface area (Å²) in [5.74, 6) is 0.759. The van der Waals surface area contributed by atoms with E-state index < -0.39 is 0 Å². The summed E-state index contributed by atoms with van der Waals surface area (Å²) in [6.45, 7) is 2.23. The van der Waals surface area contributed by atoms with E-state index in [1.807, 2.05) is 18.2 Å². The normalized spacial score (nSPS) is 27.4. The fraction of sp³-hybridized carbons (Fsp3) is 0.471. The number of nitrogens with zero attached hydrogens (tertiary/aromatic N) is 1. The molecule has 0 aliphatic heterocycles. The van der Waals surface area contributed by atoms with Crippen LogP contribution in [0.1, 0.15) is 44.6 Å². The van der Waals surface area contributed by atoms with E-state index in [-0.39, 0.29) is 5.41 Å². The molecule has 1 aliphatic carbocycles. The molecule has 0 bridgehead atoms. The van der Waals surface area contributed by atoms with Crippen LogP contribution in [0.3, 0.4) is 0 Å². The lowest BCUT2D eigenvalue weighted by Gasteiger charge is -2.18. The number of hydrogen-bond donors (Lipinski definition) is 0. The van der Waals surface area contributed by atoms with Gasteiger partial charge < -0.3 is 0 Å². The van der Waals surface area contributed by atoms with Crippen molar-refractivity contribution in [3.63, 3.8) is 0 Å². The van der Waals surface area contributed by atoms with Gasteiger partial charge in [0.2, 0.25) is 0 Å². The van der Waals surface area contributed by atoms with Crippen molar-refractivity contribution in [3.05, 3.63) is 42.0 Å². The van der Waals surface area contributed by atoms with Gasteiger partial charge in [-0.2, -0.15) is 5.26 Å². The van der Waals surface area contributed by atoms with Gasteiger partial charge in [-0.3, -0.25) is 0 Å². The van der Waals surface area contributed by atoms with Crippen LogP contribution in [0.5, 0.6) is 0 Å². The standard InChI is InChI=1S/C17H21N/c1-2-15-10-12-17(13-15,14-18)11-6-9-16-7-4-3-5-8-16/h3-9,15H,2,10-13H2,1H3/b9-6+. The van der Waals surface area contributed by atoms with Crippen molar-refractivity contribution in [1.29, 1.82) is 5.26 Å². The third kappa shape index (κ3) is 3.01. The Balaban J connectivity index is 1.97. The number of hydrogen-bond acceptors (Lipinski definition) is 1. The Hall–Kier alpha value is -1.55. The summed E-state index contributed by atoms with van der Waals surface area (Å²) < 4.78 is 0. The summed E-state index contributed by atoms with van der Waals surface area (Å²) in [5.41, 5.74) is 1.13. The maximum absolute atomic E-state index is 9.44. The molecule has 1 heteroatoms. The van der Waals surface area contributed by atoms with Crippen LogP contribution in [0.25, 0.3) is 6.08 Å². The second kappa shape index (κ2) is 5.87. The monoisotopic (exact) mass is 239 g/mol. The third-order valence-corrected chi connectivity index (χ3v) is 4.14. The average Bonchev–Trinajstić information content (AvgIpc) is 2.84. The van der Waals surface area contributed by atoms with Crippen molar-refractivity contribution in [3.8, 4) is 6.07 Å². The van der Waals surface area contributed by atoms with Gasteiger partial charge in [-0.25, -0.2) is 0 Å². The van der Waals surface area contributed by atoms with E-state index in [4.69, 9.17) is 0 Å². The van der Waals surface area contributed by atoms with Crippen molar-refractivity contribution < 1.29 is 0 Å². The molecule has 1 aromatic rings. The molecule has 18 heavy (non-hydrogen) atoms. The van der Waals surface area contributed by atoms with Gasteiger partial charge in [-0.15, -0.1) is 0 Å². The lowest BCUT2D eigenvalue weighted by molar-refractivity contribution is 0.388. The Morgan fingerprint density at radius 2 is 2.17 bits per heavy atom. The molecule has 2 rings (SSSR count). The molecule has 0 radical (unpaired) electrons. The van der Waals surface area contributed by atoms with E-state index >= 15 is 0 Å². The number of nitriles is 1. The van der Waals surface area contributed by atoms with Gasteiger partial charge in [0, 0.05) is 0 Å². The predicted molar refractivity (Wildman–Crippen MR) is 75.8 cm³/mol. The van der Waals surface area contributed by atoms with Crippen LogP contribution in [-0.2, 0) is 0 Å². The Kier molecular flexibility index (Phi) is 4.20. The molecular weight excluding hydrogens is 218 g/mol. The van der Waals surface area contributed by atoms with Crippen LogP contribution in [0, 0.1) is 22.7 Å². The zero-order chi connectivity index (χ0) is 12.8. The van der Waals surface area contributed by atoms with Gasteiger partial charge >= 0.3 is 0 Å². The zero-order valence-corrected chi connectivity index (χ0v) is 11.1. The van der Waals surface area contributed by atoms with Crippen LogP contribution in [0.4, 0.5) is 0 Å². The lowest BCUT2D eigenvalue weighted by atomic mass is 9.83. The van der Waals surface area contributed by atoms with Crippen molar-refractivity contribution in [2.45, 2.75) is 39.0 Å². The molecule has 0 amide bonds. The highest BCUT2D eigenvalue weighted by Crippen LogP contribution is 2.45. The maximum Gasteiger partial charge on any atom is 0.0693 e. The van der Waals surface area contributed by atoms with Crippen molar-refractivity contribution in [2.75, 3.05) is 0 Å². The van der Waals surface area contributed by atoms with Gasteiger partial charge in [0.15, 0.2) is 0 Å². The molecule has 0 N–H and O–H groups in total. The van der Waals surface area contributed by atoms with E-state index in [0.29, 0.717) is 0 Å². The minimum absolute atomic E-state index is 0.0913. The first-order chi connectivity index (χ1) is 8.78. The summed E-state index contributed by atoms with van der Waals surface area (Å²) in [6.07, 6.45) is 9.80. The van der Waals surface area contributed by atoms with E-state index in [1.54, 1.807) is 0 Å². The first kappa shape index (κ1) is 12.9.